The minimum Gasteiger partial charge on any atom is -0.304 e. The van der Waals surface area contributed by atoms with Crippen molar-refractivity contribution in [2.24, 2.45) is 0 Å². The lowest BCUT2D eigenvalue weighted by Gasteiger charge is -2.11. The Morgan fingerprint density at radius 3 is 2.76 bits per heavy atom. The number of imidazole rings is 1. The van der Waals surface area contributed by atoms with Crippen molar-refractivity contribution in [3.63, 3.8) is 0 Å². The fourth-order valence-corrected chi connectivity index (χ4v) is 2.29. The van der Waals surface area contributed by atoms with Gasteiger partial charge in [0.05, 0.1) is 17.7 Å². The first kappa shape index (κ1) is 12.1. The number of halogens is 1. The molecule has 0 spiro atoms. The van der Waals surface area contributed by atoms with Gasteiger partial charge >= 0.3 is 0 Å². The van der Waals surface area contributed by atoms with Crippen LogP contribution in [0, 0.1) is 0 Å². The number of anilines is 1. The molecule has 1 heterocycles. The highest BCUT2D eigenvalue weighted by atomic mass is 79.9. The second-order valence-corrected chi connectivity index (χ2v) is 6.34. The van der Waals surface area contributed by atoms with Crippen LogP contribution in [0.5, 0.6) is 0 Å². The molecular formula is C10H10BrN3O2S. The molecule has 0 aliphatic heterocycles. The van der Waals surface area contributed by atoms with Gasteiger partial charge in [-0.1, -0.05) is 28.1 Å². The molecular weight excluding hydrogens is 306 g/mol. The van der Waals surface area contributed by atoms with Gasteiger partial charge in [-0.25, -0.2) is 13.4 Å². The molecule has 2 aromatic rings. The molecule has 0 aliphatic carbocycles. The zero-order valence-corrected chi connectivity index (χ0v) is 11.1. The molecule has 0 fully saturated rings. The predicted octanol–water partition coefficient (Wildman–Crippen LogP) is 1.97. The van der Waals surface area contributed by atoms with Gasteiger partial charge in [-0.2, -0.15) is 0 Å². The summed E-state index contributed by atoms with van der Waals surface area (Å²) in [5.74, 6) is 0. The van der Waals surface area contributed by atoms with Gasteiger partial charge in [-0.3, -0.25) is 4.72 Å². The van der Waals surface area contributed by atoms with Gasteiger partial charge in [0.2, 0.25) is 10.0 Å². The summed E-state index contributed by atoms with van der Waals surface area (Å²) in [5, 5.41) is 0. The summed E-state index contributed by atoms with van der Waals surface area (Å²) in [5.41, 5.74) is 1.25. The molecule has 5 nitrogen and oxygen atoms in total. The van der Waals surface area contributed by atoms with Gasteiger partial charge < -0.3 is 4.57 Å². The average molecular weight is 316 g/mol. The van der Waals surface area contributed by atoms with E-state index in [-0.39, 0.29) is 4.66 Å². The van der Waals surface area contributed by atoms with E-state index >= 15 is 0 Å². The monoisotopic (exact) mass is 315 g/mol. The standard InChI is InChI=1S/C10H10BrN3O2S/c11-7-17(15,16)13-9-3-1-2-4-10(9)14-6-5-12-8-14/h1-6,8,13H,7H2. The molecule has 0 saturated heterocycles. The lowest BCUT2D eigenvalue weighted by molar-refractivity contribution is 0.606. The summed E-state index contributed by atoms with van der Waals surface area (Å²) in [6.45, 7) is 0. The number of hydrogen-bond acceptors (Lipinski definition) is 3. The molecule has 7 heteroatoms. The van der Waals surface area contributed by atoms with Crippen molar-refractivity contribution in [1.82, 2.24) is 9.55 Å². The first-order chi connectivity index (χ1) is 8.12. The van der Waals surface area contributed by atoms with Crippen LogP contribution >= 0.6 is 15.9 Å². The van der Waals surface area contributed by atoms with E-state index in [9.17, 15) is 8.42 Å². The van der Waals surface area contributed by atoms with E-state index in [1.807, 2.05) is 12.1 Å². The van der Waals surface area contributed by atoms with E-state index in [2.05, 4.69) is 25.6 Å². The number of para-hydroxylation sites is 2. The molecule has 1 N–H and O–H groups in total. The Balaban J connectivity index is 2.42. The molecule has 0 atom stereocenters. The highest BCUT2D eigenvalue weighted by molar-refractivity contribution is 9.10. The van der Waals surface area contributed by atoms with E-state index in [0.29, 0.717) is 5.69 Å². The fourth-order valence-electron chi connectivity index (χ4n) is 1.38. The molecule has 1 aromatic carbocycles. The Morgan fingerprint density at radius 1 is 1.35 bits per heavy atom. The Morgan fingerprint density at radius 2 is 2.12 bits per heavy atom. The molecule has 0 unspecified atom stereocenters. The number of nitrogens with one attached hydrogen (secondary N) is 1. The number of benzene rings is 1. The summed E-state index contributed by atoms with van der Waals surface area (Å²) < 4.78 is 27.1. The average Bonchev–Trinajstić information content (AvgIpc) is 2.83. The van der Waals surface area contributed by atoms with Crippen LogP contribution in [0.2, 0.25) is 0 Å². The molecule has 0 saturated carbocycles. The van der Waals surface area contributed by atoms with E-state index in [1.54, 1.807) is 35.4 Å². The smallest absolute Gasteiger partial charge is 0.242 e. The Labute approximate surface area is 108 Å². The molecule has 0 amide bonds. The molecule has 0 bridgehead atoms. The van der Waals surface area contributed by atoms with Gasteiger partial charge in [0, 0.05) is 12.4 Å². The van der Waals surface area contributed by atoms with Gasteiger partial charge in [-0.15, -0.1) is 0 Å². The molecule has 0 aliphatic rings. The summed E-state index contributed by atoms with van der Waals surface area (Å²) in [6, 6.07) is 7.12. The Hall–Kier alpha value is -1.34. The Kier molecular flexibility index (Phi) is 3.49. The van der Waals surface area contributed by atoms with E-state index in [1.165, 1.54) is 0 Å². The van der Waals surface area contributed by atoms with Gasteiger partial charge in [0.15, 0.2) is 0 Å². The molecule has 0 radical (unpaired) electrons. The van der Waals surface area contributed by atoms with Crippen LogP contribution in [0.4, 0.5) is 5.69 Å². The number of hydrogen-bond donors (Lipinski definition) is 1. The largest absolute Gasteiger partial charge is 0.304 e. The third-order valence-electron chi connectivity index (χ3n) is 2.10. The maximum atomic E-state index is 11.5. The zero-order chi connectivity index (χ0) is 12.3. The molecule has 1 aromatic heterocycles. The topological polar surface area (TPSA) is 64.0 Å². The number of aromatic nitrogens is 2. The van der Waals surface area contributed by atoms with Crippen LogP contribution in [0.15, 0.2) is 43.0 Å². The van der Waals surface area contributed by atoms with Crippen molar-refractivity contribution in [3.05, 3.63) is 43.0 Å². The van der Waals surface area contributed by atoms with Gasteiger partial charge in [-0.05, 0) is 12.1 Å². The summed E-state index contributed by atoms with van der Waals surface area (Å²) in [4.78, 5) is 3.93. The third kappa shape index (κ3) is 2.86. The minimum absolute atomic E-state index is 0.141. The van der Waals surface area contributed by atoms with Crippen LogP contribution in [0.1, 0.15) is 0 Å². The van der Waals surface area contributed by atoms with Crippen molar-refractivity contribution in [1.29, 1.82) is 0 Å². The SMILES string of the molecule is O=S(=O)(CBr)Nc1ccccc1-n1ccnc1. The second-order valence-electron chi connectivity index (χ2n) is 3.31. The maximum Gasteiger partial charge on any atom is 0.242 e. The number of sulfonamides is 1. The number of rotatable bonds is 4. The summed E-state index contributed by atoms with van der Waals surface area (Å²) in [7, 11) is -3.35. The van der Waals surface area contributed by atoms with Crippen molar-refractivity contribution in [2.45, 2.75) is 0 Å². The van der Waals surface area contributed by atoms with Crippen LogP contribution < -0.4 is 4.72 Å². The van der Waals surface area contributed by atoms with Crippen molar-refractivity contribution in [3.8, 4) is 5.69 Å². The molecule has 2 rings (SSSR count). The first-order valence-corrected chi connectivity index (χ1v) is 7.53. The first-order valence-electron chi connectivity index (χ1n) is 4.76. The Bertz CT molecular complexity index is 596. The highest BCUT2D eigenvalue weighted by Gasteiger charge is 2.11. The van der Waals surface area contributed by atoms with Crippen molar-refractivity contribution >= 4 is 31.6 Å². The lowest BCUT2D eigenvalue weighted by atomic mass is 10.3. The predicted molar refractivity (Wildman–Crippen MR) is 69.9 cm³/mol. The van der Waals surface area contributed by atoms with Crippen molar-refractivity contribution in [2.75, 3.05) is 9.38 Å². The summed E-state index contributed by atoms with van der Waals surface area (Å²) >= 11 is 2.93. The minimum atomic E-state index is -3.35. The maximum absolute atomic E-state index is 11.5. The van der Waals surface area contributed by atoms with Crippen LogP contribution in [-0.2, 0) is 10.0 Å². The van der Waals surface area contributed by atoms with E-state index in [0.717, 1.165) is 5.69 Å². The zero-order valence-electron chi connectivity index (χ0n) is 8.75. The quantitative estimate of drug-likeness (QED) is 0.877. The van der Waals surface area contributed by atoms with Gasteiger partial charge in [0.25, 0.3) is 0 Å². The second kappa shape index (κ2) is 4.89. The normalized spacial score (nSPS) is 11.4. The van der Waals surface area contributed by atoms with Crippen molar-refractivity contribution < 1.29 is 8.42 Å². The van der Waals surface area contributed by atoms with E-state index < -0.39 is 10.0 Å². The molecule has 17 heavy (non-hydrogen) atoms. The van der Waals surface area contributed by atoms with E-state index in [4.69, 9.17) is 0 Å². The fraction of sp³-hybridized carbons (Fsp3) is 0.100. The highest BCUT2D eigenvalue weighted by Crippen LogP contribution is 2.21. The summed E-state index contributed by atoms with van der Waals surface area (Å²) in [6.07, 6.45) is 5.00. The van der Waals surface area contributed by atoms with Gasteiger partial charge in [0.1, 0.15) is 4.66 Å². The molecule has 90 valence electrons. The van der Waals surface area contributed by atoms with Crippen LogP contribution in [-0.4, -0.2) is 22.6 Å². The van der Waals surface area contributed by atoms with Crippen LogP contribution in [0.3, 0.4) is 0 Å². The number of alkyl halides is 1. The third-order valence-corrected chi connectivity index (χ3v) is 4.72. The number of nitrogens with zero attached hydrogens (tertiary/aromatic N) is 2. The lowest BCUT2D eigenvalue weighted by Crippen LogP contribution is -2.14. The van der Waals surface area contributed by atoms with Crippen LogP contribution in [0.25, 0.3) is 5.69 Å².